The summed E-state index contributed by atoms with van der Waals surface area (Å²) in [4.78, 5) is 9.57. The molecule has 3 heterocycles. The molecule has 8 nitrogen and oxygen atoms in total. The topological polar surface area (TPSA) is 79.3 Å². The van der Waals surface area contributed by atoms with E-state index in [2.05, 4.69) is 20.3 Å². The molecule has 1 aliphatic rings. The molecule has 0 atom stereocenters. The molecule has 2 aromatic heterocycles. The Morgan fingerprint density at radius 1 is 1.31 bits per heavy atom. The maximum absolute atomic E-state index is 5.43. The van der Waals surface area contributed by atoms with Crippen LogP contribution in [0.5, 0.6) is 0 Å². The number of piperazine rings is 1. The first-order valence-corrected chi connectivity index (χ1v) is 10.5. The molecule has 0 unspecified atom stereocenters. The lowest BCUT2D eigenvalue weighted by Crippen LogP contribution is -2.52. The summed E-state index contributed by atoms with van der Waals surface area (Å²) in [5.41, 5.74) is 0.998. The van der Waals surface area contributed by atoms with Crippen LogP contribution in [-0.4, -0.2) is 73.4 Å². The number of ether oxygens (including phenoxy) is 1. The van der Waals surface area contributed by atoms with Crippen LogP contribution in [0, 0.1) is 6.92 Å². The number of aryl methyl sites for hydroxylation is 1. The first kappa shape index (κ1) is 21.4. The van der Waals surface area contributed by atoms with Gasteiger partial charge in [-0.3, -0.25) is 9.89 Å². The van der Waals surface area contributed by atoms with Crippen molar-refractivity contribution in [3.05, 3.63) is 41.7 Å². The first-order chi connectivity index (χ1) is 14.2. The van der Waals surface area contributed by atoms with Crippen LogP contribution in [0.4, 0.5) is 0 Å². The summed E-state index contributed by atoms with van der Waals surface area (Å²) < 4.78 is 16.0. The van der Waals surface area contributed by atoms with Gasteiger partial charge in [-0.15, -0.1) is 0 Å². The summed E-state index contributed by atoms with van der Waals surface area (Å²) in [6.07, 6.45) is 3.49. The van der Waals surface area contributed by atoms with Gasteiger partial charge < -0.3 is 23.9 Å². The quantitative estimate of drug-likeness (QED) is 0.370. The number of hydrogen-bond donors (Lipinski definition) is 1. The molecule has 0 saturated carbocycles. The number of hydrogen-bond acceptors (Lipinski definition) is 6. The Morgan fingerprint density at radius 2 is 2.17 bits per heavy atom. The van der Waals surface area contributed by atoms with Crippen LogP contribution in [0.2, 0.25) is 0 Å². The third-order valence-corrected chi connectivity index (χ3v) is 4.88. The minimum atomic E-state index is 0.755. The van der Waals surface area contributed by atoms with Gasteiger partial charge in [0, 0.05) is 71.5 Å². The van der Waals surface area contributed by atoms with Crippen LogP contribution in [-0.2, 0) is 17.7 Å². The highest BCUT2D eigenvalue weighted by molar-refractivity contribution is 5.80. The van der Waals surface area contributed by atoms with Crippen molar-refractivity contribution in [1.29, 1.82) is 0 Å². The second-order valence-electron chi connectivity index (χ2n) is 7.20. The summed E-state index contributed by atoms with van der Waals surface area (Å²) in [7, 11) is 0. The average Bonchev–Trinajstić information content (AvgIpc) is 3.39. The monoisotopic (exact) mass is 403 g/mol. The van der Waals surface area contributed by atoms with Crippen molar-refractivity contribution >= 4 is 5.96 Å². The van der Waals surface area contributed by atoms with E-state index in [9.17, 15) is 0 Å². The zero-order valence-corrected chi connectivity index (χ0v) is 17.6. The molecule has 8 heteroatoms. The fourth-order valence-corrected chi connectivity index (χ4v) is 3.36. The SMILES string of the molecule is CCOCCCN=C(NCCc1ccco1)N1CCN(Cc2cc(C)on2)CC1. The third kappa shape index (κ3) is 7.21. The summed E-state index contributed by atoms with van der Waals surface area (Å²) in [6, 6.07) is 5.94. The second kappa shape index (κ2) is 11.6. The van der Waals surface area contributed by atoms with Crippen LogP contribution in [0.25, 0.3) is 0 Å². The highest BCUT2D eigenvalue weighted by atomic mass is 16.5. The van der Waals surface area contributed by atoms with Gasteiger partial charge >= 0.3 is 0 Å². The van der Waals surface area contributed by atoms with E-state index in [-0.39, 0.29) is 0 Å². The predicted octanol–water partition coefficient (Wildman–Crippen LogP) is 2.31. The van der Waals surface area contributed by atoms with Crippen LogP contribution in [0.3, 0.4) is 0 Å². The fraction of sp³-hybridized carbons (Fsp3) is 0.619. The van der Waals surface area contributed by atoms with Gasteiger partial charge in [-0.05, 0) is 32.4 Å². The van der Waals surface area contributed by atoms with E-state index in [1.807, 2.05) is 32.0 Å². The van der Waals surface area contributed by atoms with Gasteiger partial charge in [-0.1, -0.05) is 5.16 Å². The molecule has 160 valence electrons. The summed E-state index contributed by atoms with van der Waals surface area (Å²) in [5, 5.41) is 7.62. The largest absolute Gasteiger partial charge is 0.469 e. The number of aliphatic imine (C=N–C) groups is 1. The molecule has 29 heavy (non-hydrogen) atoms. The molecule has 0 bridgehead atoms. The number of rotatable bonds is 10. The normalized spacial score (nSPS) is 15.8. The van der Waals surface area contributed by atoms with Crippen molar-refractivity contribution in [3.8, 4) is 0 Å². The summed E-state index contributed by atoms with van der Waals surface area (Å²) >= 11 is 0. The van der Waals surface area contributed by atoms with E-state index in [0.717, 1.165) is 95.0 Å². The van der Waals surface area contributed by atoms with Gasteiger partial charge in [0.05, 0.1) is 12.0 Å². The predicted molar refractivity (Wildman–Crippen MR) is 112 cm³/mol. The third-order valence-electron chi connectivity index (χ3n) is 4.88. The zero-order chi connectivity index (χ0) is 20.3. The lowest BCUT2D eigenvalue weighted by Gasteiger charge is -2.36. The Bertz CT molecular complexity index is 721. The van der Waals surface area contributed by atoms with Gasteiger partial charge in [0.15, 0.2) is 5.96 Å². The Kier molecular flexibility index (Phi) is 8.58. The van der Waals surface area contributed by atoms with Crippen molar-refractivity contribution < 1.29 is 13.7 Å². The van der Waals surface area contributed by atoms with Gasteiger partial charge in [0.25, 0.3) is 0 Å². The second-order valence-corrected chi connectivity index (χ2v) is 7.20. The molecule has 1 aliphatic heterocycles. The molecular formula is C21H33N5O3. The average molecular weight is 404 g/mol. The molecule has 0 spiro atoms. The maximum Gasteiger partial charge on any atom is 0.194 e. The van der Waals surface area contributed by atoms with Gasteiger partial charge in [0.1, 0.15) is 11.5 Å². The molecular weight excluding hydrogens is 370 g/mol. The van der Waals surface area contributed by atoms with Gasteiger partial charge in [-0.2, -0.15) is 0 Å². The smallest absolute Gasteiger partial charge is 0.194 e. The zero-order valence-electron chi connectivity index (χ0n) is 17.6. The van der Waals surface area contributed by atoms with E-state index in [1.165, 1.54) is 0 Å². The number of nitrogens with one attached hydrogen (secondary N) is 1. The van der Waals surface area contributed by atoms with Gasteiger partial charge in [-0.25, -0.2) is 0 Å². The molecule has 0 aromatic carbocycles. The van der Waals surface area contributed by atoms with E-state index in [4.69, 9.17) is 18.7 Å². The van der Waals surface area contributed by atoms with Crippen LogP contribution in [0.15, 0.2) is 38.4 Å². The van der Waals surface area contributed by atoms with E-state index in [0.29, 0.717) is 0 Å². The molecule has 2 aromatic rings. The number of aromatic nitrogens is 1. The first-order valence-electron chi connectivity index (χ1n) is 10.5. The number of nitrogens with zero attached hydrogens (tertiary/aromatic N) is 4. The Balaban J connectivity index is 1.48. The van der Waals surface area contributed by atoms with Crippen molar-refractivity contribution in [2.45, 2.75) is 33.2 Å². The van der Waals surface area contributed by atoms with E-state index < -0.39 is 0 Å². The molecule has 1 saturated heterocycles. The molecule has 1 N–H and O–H groups in total. The molecule has 0 amide bonds. The number of furan rings is 1. The fourth-order valence-electron chi connectivity index (χ4n) is 3.36. The minimum absolute atomic E-state index is 0.755. The van der Waals surface area contributed by atoms with Crippen LogP contribution in [0.1, 0.15) is 30.6 Å². The standard InChI is InChI=1S/C21H33N5O3/c1-3-27-14-5-8-22-21(23-9-7-20-6-4-15-28-20)26-12-10-25(11-13-26)17-19-16-18(2)29-24-19/h4,6,15-16H,3,5,7-14,17H2,1-2H3,(H,22,23). The molecule has 0 aliphatic carbocycles. The van der Waals surface area contributed by atoms with Gasteiger partial charge in [0.2, 0.25) is 0 Å². The highest BCUT2D eigenvalue weighted by Gasteiger charge is 2.20. The summed E-state index contributed by atoms with van der Waals surface area (Å²) in [6.45, 7) is 11.7. The Morgan fingerprint density at radius 3 is 2.86 bits per heavy atom. The van der Waals surface area contributed by atoms with E-state index in [1.54, 1.807) is 6.26 Å². The van der Waals surface area contributed by atoms with Crippen molar-refractivity contribution in [2.75, 3.05) is 52.5 Å². The van der Waals surface area contributed by atoms with E-state index >= 15 is 0 Å². The minimum Gasteiger partial charge on any atom is -0.469 e. The van der Waals surface area contributed by atoms with Crippen molar-refractivity contribution in [2.24, 2.45) is 4.99 Å². The van der Waals surface area contributed by atoms with Crippen molar-refractivity contribution in [3.63, 3.8) is 0 Å². The van der Waals surface area contributed by atoms with Crippen LogP contribution >= 0.6 is 0 Å². The molecule has 0 radical (unpaired) electrons. The molecule has 1 fully saturated rings. The lowest BCUT2D eigenvalue weighted by atomic mass is 10.3. The van der Waals surface area contributed by atoms with Crippen LogP contribution < -0.4 is 5.32 Å². The maximum atomic E-state index is 5.43. The molecule has 3 rings (SSSR count). The Hall–Kier alpha value is -2.32. The summed E-state index contributed by atoms with van der Waals surface area (Å²) in [5.74, 6) is 2.83. The highest BCUT2D eigenvalue weighted by Crippen LogP contribution is 2.09. The Labute approximate surface area is 172 Å². The lowest BCUT2D eigenvalue weighted by molar-refractivity contribution is 0.146. The van der Waals surface area contributed by atoms with Crippen molar-refractivity contribution in [1.82, 2.24) is 20.3 Å². The number of guanidine groups is 1.